The number of ether oxygens (including phenoxy) is 1. The van der Waals surface area contributed by atoms with Crippen LogP contribution in [0.5, 0.6) is 5.75 Å². The van der Waals surface area contributed by atoms with E-state index < -0.39 is 5.82 Å². The van der Waals surface area contributed by atoms with E-state index >= 15 is 0 Å². The molecule has 1 aromatic carbocycles. The summed E-state index contributed by atoms with van der Waals surface area (Å²) in [6.07, 6.45) is 2.70. The topological polar surface area (TPSA) is 50.4 Å². The number of carbonyl (C=O) groups is 1. The monoisotopic (exact) mass is 294 g/mol. The molecule has 5 heteroatoms. The Morgan fingerprint density at radius 2 is 2.19 bits per heavy atom. The molecule has 2 rings (SSSR count). The predicted molar refractivity (Wildman–Crippen MR) is 81.0 cm³/mol. The van der Waals surface area contributed by atoms with Gasteiger partial charge in [0, 0.05) is 18.2 Å². The van der Waals surface area contributed by atoms with Crippen molar-refractivity contribution in [2.24, 2.45) is 11.8 Å². The molecule has 1 unspecified atom stereocenters. The number of piperidine rings is 1. The van der Waals surface area contributed by atoms with Crippen molar-refractivity contribution in [1.29, 1.82) is 0 Å². The third-order valence-corrected chi connectivity index (χ3v) is 4.13. The fourth-order valence-electron chi connectivity index (χ4n) is 2.83. The zero-order chi connectivity index (χ0) is 15.2. The van der Waals surface area contributed by atoms with Crippen LogP contribution in [0.15, 0.2) is 18.2 Å². The number of methoxy groups -OCH3 is 1. The van der Waals surface area contributed by atoms with Crippen molar-refractivity contribution in [3.8, 4) is 5.75 Å². The summed E-state index contributed by atoms with van der Waals surface area (Å²) in [4.78, 5) is 12.1. The summed E-state index contributed by atoms with van der Waals surface area (Å²) in [7, 11) is 1.41. The number of hydrogen-bond acceptors (Lipinski definition) is 3. The van der Waals surface area contributed by atoms with Crippen LogP contribution in [0.1, 0.15) is 26.2 Å². The second-order valence-corrected chi connectivity index (χ2v) is 5.67. The van der Waals surface area contributed by atoms with Gasteiger partial charge in [-0.1, -0.05) is 6.92 Å². The molecule has 1 fully saturated rings. The van der Waals surface area contributed by atoms with Crippen LogP contribution in [-0.2, 0) is 4.79 Å². The molecule has 4 nitrogen and oxygen atoms in total. The minimum atomic E-state index is -0.471. The molecule has 0 radical (unpaired) electrons. The molecule has 1 atom stereocenters. The first-order valence-electron chi connectivity index (χ1n) is 7.44. The molecule has 0 aromatic heterocycles. The van der Waals surface area contributed by atoms with Gasteiger partial charge in [-0.25, -0.2) is 4.39 Å². The molecule has 21 heavy (non-hydrogen) atoms. The summed E-state index contributed by atoms with van der Waals surface area (Å²) >= 11 is 0. The average molecular weight is 294 g/mol. The lowest BCUT2D eigenvalue weighted by Crippen LogP contribution is -2.32. The first kappa shape index (κ1) is 15.8. The summed E-state index contributed by atoms with van der Waals surface area (Å²) in [5, 5.41) is 6.08. The van der Waals surface area contributed by atoms with Crippen LogP contribution >= 0.6 is 0 Å². The zero-order valence-corrected chi connectivity index (χ0v) is 12.6. The van der Waals surface area contributed by atoms with Gasteiger partial charge in [-0.05, 0) is 49.9 Å². The molecular weight excluding hydrogens is 271 g/mol. The Morgan fingerprint density at radius 3 is 2.81 bits per heavy atom. The Morgan fingerprint density at radius 1 is 1.48 bits per heavy atom. The van der Waals surface area contributed by atoms with Crippen LogP contribution in [0.3, 0.4) is 0 Å². The van der Waals surface area contributed by atoms with E-state index in [0.29, 0.717) is 23.9 Å². The van der Waals surface area contributed by atoms with E-state index in [1.165, 1.54) is 19.2 Å². The van der Waals surface area contributed by atoms with Gasteiger partial charge in [0.2, 0.25) is 5.91 Å². The standard InChI is InChI=1S/C16H23FN2O2/c1-11(12-5-7-18-8-6-12)9-16(20)19-13-3-4-15(21-2)14(17)10-13/h3-4,10-12,18H,5-9H2,1-2H3,(H,19,20). The average Bonchev–Trinajstić information content (AvgIpc) is 2.48. The molecule has 1 amide bonds. The Labute approximate surface area is 125 Å². The number of anilines is 1. The Bertz CT molecular complexity index is 487. The second kappa shape index (κ2) is 7.41. The van der Waals surface area contributed by atoms with Crippen molar-refractivity contribution in [3.63, 3.8) is 0 Å². The number of amides is 1. The lowest BCUT2D eigenvalue weighted by molar-refractivity contribution is -0.117. The van der Waals surface area contributed by atoms with Crippen LogP contribution < -0.4 is 15.4 Å². The number of halogens is 1. The van der Waals surface area contributed by atoms with E-state index in [2.05, 4.69) is 17.6 Å². The van der Waals surface area contributed by atoms with Gasteiger partial charge >= 0.3 is 0 Å². The largest absolute Gasteiger partial charge is 0.494 e. The molecule has 0 aliphatic carbocycles. The highest BCUT2D eigenvalue weighted by atomic mass is 19.1. The highest BCUT2D eigenvalue weighted by Gasteiger charge is 2.22. The zero-order valence-electron chi connectivity index (χ0n) is 12.6. The number of hydrogen-bond donors (Lipinski definition) is 2. The summed E-state index contributed by atoms with van der Waals surface area (Å²) < 4.78 is 18.4. The Hall–Kier alpha value is -1.62. The number of carbonyl (C=O) groups excluding carboxylic acids is 1. The third kappa shape index (κ3) is 4.43. The third-order valence-electron chi connectivity index (χ3n) is 4.13. The molecule has 1 aliphatic rings. The molecule has 0 spiro atoms. The SMILES string of the molecule is COc1ccc(NC(=O)CC(C)C2CCNCC2)cc1F. The second-order valence-electron chi connectivity index (χ2n) is 5.67. The highest BCUT2D eigenvalue weighted by Crippen LogP contribution is 2.25. The van der Waals surface area contributed by atoms with Crippen LogP contribution in [0.4, 0.5) is 10.1 Å². The normalized spacial score (nSPS) is 17.3. The molecule has 1 aliphatic heterocycles. The van der Waals surface area contributed by atoms with Crippen molar-refractivity contribution < 1.29 is 13.9 Å². The van der Waals surface area contributed by atoms with Gasteiger partial charge in [0.1, 0.15) is 0 Å². The smallest absolute Gasteiger partial charge is 0.224 e. The Balaban J connectivity index is 1.87. The van der Waals surface area contributed by atoms with E-state index in [1.54, 1.807) is 6.07 Å². The first-order chi connectivity index (χ1) is 10.1. The molecule has 1 heterocycles. The van der Waals surface area contributed by atoms with Gasteiger partial charge in [0.15, 0.2) is 11.6 Å². The van der Waals surface area contributed by atoms with E-state index in [-0.39, 0.29) is 11.7 Å². The quantitative estimate of drug-likeness (QED) is 0.878. The van der Waals surface area contributed by atoms with Gasteiger partial charge in [0.05, 0.1) is 7.11 Å². The molecule has 1 aromatic rings. The molecule has 0 saturated carbocycles. The molecular formula is C16H23FN2O2. The maximum Gasteiger partial charge on any atom is 0.224 e. The van der Waals surface area contributed by atoms with Gasteiger partial charge in [-0.3, -0.25) is 4.79 Å². The van der Waals surface area contributed by atoms with Gasteiger partial charge < -0.3 is 15.4 Å². The van der Waals surface area contributed by atoms with Crippen LogP contribution in [-0.4, -0.2) is 26.1 Å². The van der Waals surface area contributed by atoms with Gasteiger partial charge in [-0.15, -0.1) is 0 Å². The maximum atomic E-state index is 13.6. The molecule has 1 saturated heterocycles. The van der Waals surface area contributed by atoms with Crippen molar-refractivity contribution in [3.05, 3.63) is 24.0 Å². The molecule has 116 valence electrons. The fourth-order valence-corrected chi connectivity index (χ4v) is 2.83. The van der Waals surface area contributed by atoms with Crippen LogP contribution in [0.25, 0.3) is 0 Å². The van der Waals surface area contributed by atoms with Crippen molar-refractivity contribution in [1.82, 2.24) is 5.32 Å². The van der Waals surface area contributed by atoms with E-state index in [4.69, 9.17) is 4.74 Å². The first-order valence-corrected chi connectivity index (χ1v) is 7.44. The van der Waals surface area contributed by atoms with Crippen molar-refractivity contribution >= 4 is 11.6 Å². The minimum absolute atomic E-state index is 0.0643. The predicted octanol–water partition coefficient (Wildman–Crippen LogP) is 2.80. The fraction of sp³-hybridized carbons (Fsp3) is 0.562. The van der Waals surface area contributed by atoms with E-state index in [9.17, 15) is 9.18 Å². The van der Waals surface area contributed by atoms with Crippen LogP contribution in [0, 0.1) is 17.7 Å². The number of nitrogens with one attached hydrogen (secondary N) is 2. The minimum Gasteiger partial charge on any atom is -0.494 e. The summed E-state index contributed by atoms with van der Waals surface area (Å²) in [5.74, 6) is 0.572. The Kier molecular flexibility index (Phi) is 5.56. The van der Waals surface area contributed by atoms with Crippen molar-refractivity contribution in [2.45, 2.75) is 26.2 Å². The summed E-state index contributed by atoms with van der Waals surface area (Å²) in [6, 6.07) is 4.45. The van der Waals surface area contributed by atoms with Crippen molar-refractivity contribution in [2.75, 3.05) is 25.5 Å². The van der Waals surface area contributed by atoms with Gasteiger partial charge in [-0.2, -0.15) is 0 Å². The van der Waals surface area contributed by atoms with Crippen LogP contribution in [0.2, 0.25) is 0 Å². The lowest BCUT2D eigenvalue weighted by atomic mass is 9.84. The summed E-state index contributed by atoms with van der Waals surface area (Å²) in [5.41, 5.74) is 0.468. The molecule has 0 bridgehead atoms. The highest BCUT2D eigenvalue weighted by molar-refractivity contribution is 5.90. The summed E-state index contributed by atoms with van der Waals surface area (Å²) in [6.45, 7) is 4.17. The molecule has 2 N–H and O–H groups in total. The number of benzene rings is 1. The lowest BCUT2D eigenvalue weighted by Gasteiger charge is -2.27. The van der Waals surface area contributed by atoms with E-state index in [1.807, 2.05) is 0 Å². The maximum absolute atomic E-state index is 13.6. The van der Waals surface area contributed by atoms with E-state index in [0.717, 1.165) is 25.9 Å². The number of rotatable bonds is 5. The van der Waals surface area contributed by atoms with Gasteiger partial charge in [0.25, 0.3) is 0 Å².